The van der Waals surface area contributed by atoms with E-state index in [0.717, 1.165) is 12.1 Å². The first-order chi connectivity index (χ1) is 10.7. The number of carbonyl (C=O) groups excluding carboxylic acids is 1. The lowest BCUT2D eigenvalue weighted by Gasteiger charge is -2.04. The minimum Gasteiger partial charge on any atom is -0.382 e. The molecule has 1 aromatic heterocycles. The fourth-order valence-corrected chi connectivity index (χ4v) is 2.61. The number of hydrogen-bond donors (Lipinski definition) is 2. The Morgan fingerprint density at radius 1 is 1.41 bits per heavy atom. The van der Waals surface area contributed by atoms with Gasteiger partial charge in [-0.1, -0.05) is 23.7 Å². The maximum absolute atomic E-state index is 11.9. The Bertz CT molecular complexity index is 618. The standard InChI is InChI=1S/C15H18ClN3O2S/c1-2-21-9-5-8-17-14(20)13-10-22-15(19-13)18-12-7-4-3-6-11(12)16/h3-4,6-7,10H,2,5,8-9H2,1H3,(H,17,20)(H,18,19). The van der Waals surface area contributed by atoms with Gasteiger partial charge in [0, 0.05) is 25.1 Å². The van der Waals surface area contributed by atoms with E-state index in [1.807, 2.05) is 25.1 Å². The summed E-state index contributed by atoms with van der Waals surface area (Å²) in [6, 6.07) is 7.39. The largest absolute Gasteiger partial charge is 0.382 e. The van der Waals surface area contributed by atoms with Gasteiger partial charge in [-0.05, 0) is 25.5 Å². The van der Waals surface area contributed by atoms with Gasteiger partial charge in [-0.3, -0.25) is 4.79 Å². The van der Waals surface area contributed by atoms with Crippen LogP contribution in [0.5, 0.6) is 0 Å². The first-order valence-electron chi connectivity index (χ1n) is 7.03. The SMILES string of the molecule is CCOCCCNC(=O)c1csc(Nc2ccccc2Cl)n1. The van der Waals surface area contributed by atoms with Crippen LogP contribution >= 0.6 is 22.9 Å². The Balaban J connectivity index is 1.85. The molecule has 0 spiro atoms. The topological polar surface area (TPSA) is 63.2 Å². The molecule has 118 valence electrons. The summed E-state index contributed by atoms with van der Waals surface area (Å²) in [5, 5.41) is 8.89. The summed E-state index contributed by atoms with van der Waals surface area (Å²) in [6.07, 6.45) is 0.786. The Hall–Kier alpha value is -1.63. The van der Waals surface area contributed by atoms with Gasteiger partial charge in [-0.15, -0.1) is 11.3 Å². The minimum absolute atomic E-state index is 0.181. The lowest BCUT2D eigenvalue weighted by Crippen LogP contribution is -2.25. The van der Waals surface area contributed by atoms with Gasteiger partial charge in [0.15, 0.2) is 5.13 Å². The number of ether oxygens (including phenoxy) is 1. The van der Waals surface area contributed by atoms with E-state index in [-0.39, 0.29) is 5.91 Å². The van der Waals surface area contributed by atoms with E-state index in [1.165, 1.54) is 11.3 Å². The number of benzene rings is 1. The van der Waals surface area contributed by atoms with Crippen molar-refractivity contribution in [3.05, 3.63) is 40.4 Å². The van der Waals surface area contributed by atoms with E-state index >= 15 is 0 Å². The van der Waals surface area contributed by atoms with Gasteiger partial charge in [0.1, 0.15) is 5.69 Å². The number of anilines is 2. The van der Waals surface area contributed by atoms with Crippen LogP contribution in [0.3, 0.4) is 0 Å². The van der Waals surface area contributed by atoms with Crippen LogP contribution in [-0.4, -0.2) is 30.6 Å². The van der Waals surface area contributed by atoms with Gasteiger partial charge in [-0.25, -0.2) is 4.98 Å². The first kappa shape index (κ1) is 16.7. The first-order valence-corrected chi connectivity index (χ1v) is 8.29. The summed E-state index contributed by atoms with van der Waals surface area (Å²) in [4.78, 5) is 16.2. The third kappa shape index (κ3) is 4.98. The van der Waals surface area contributed by atoms with Gasteiger partial charge in [-0.2, -0.15) is 0 Å². The van der Waals surface area contributed by atoms with Gasteiger partial charge in [0.05, 0.1) is 10.7 Å². The van der Waals surface area contributed by atoms with E-state index in [9.17, 15) is 4.79 Å². The molecule has 2 aromatic rings. The van der Waals surface area contributed by atoms with Crippen molar-refractivity contribution < 1.29 is 9.53 Å². The van der Waals surface area contributed by atoms with Crippen molar-refractivity contribution in [1.29, 1.82) is 0 Å². The monoisotopic (exact) mass is 339 g/mol. The second-order valence-corrected chi connectivity index (χ2v) is 5.71. The van der Waals surface area contributed by atoms with Crippen LogP contribution in [-0.2, 0) is 4.74 Å². The molecule has 0 radical (unpaired) electrons. The number of nitrogens with zero attached hydrogens (tertiary/aromatic N) is 1. The van der Waals surface area contributed by atoms with E-state index < -0.39 is 0 Å². The van der Waals surface area contributed by atoms with E-state index in [1.54, 1.807) is 11.4 Å². The maximum Gasteiger partial charge on any atom is 0.270 e. The Morgan fingerprint density at radius 2 is 2.23 bits per heavy atom. The molecule has 0 aliphatic heterocycles. The Labute approximate surface area is 138 Å². The summed E-state index contributed by atoms with van der Waals surface area (Å²) >= 11 is 7.44. The molecule has 1 heterocycles. The second kappa shape index (κ2) is 8.73. The average molecular weight is 340 g/mol. The Kier molecular flexibility index (Phi) is 6.64. The van der Waals surface area contributed by atoms with Crippen LogP contribution in [0.4, 0.5) is 10.8 Å². The van der Waals surface area contributed by atoms with Crippen molar-refractivity contribution in [2.24, 2.45) is 0 Å². The molecule has 2 N–H and O–H groups in total. The molecular weight excluding hydrogens is 322 g/mol. The molecule has 0 unspecified atom stereocenters. The van der Waals surface area contributed by atoms with Crippen molar-refractivity contribution in [3.8, 4) is 0 Å². The number of rotatable bonds is 8. The number of hydrogen-bond acceptors (Lipinski definition) is 5. The van der Waals surface area contributed by atoms with Gasteiger partial charge in [0.25, 0.3) is 5.91 Å². The Morgan fingerprint density at radius 3 is 3.00 bits per heavy atom. The number of halogens is 1. The summed E-state index contributed by atoms with van der Waals surface area (Å²) < 4.78 is 5.22. The average Bonchev–Trinajstić information content (AvgIpc) is 2.98. The lowest BCUT2D eigenvalue weighted by atomic mass is 10.3. The molecule has 2 rings (SSSR count). The van der Waals surface area contributed by atoms with Crippen molar-refractivity contribution in [2.75, 3.05) is 25.1 Å². The smallest absolute Gasteiger partial charge is 0.270 e. The highest BCUT2D eigenvalue weighted by molar-refractivity contribution is 7.14. The van der Waals surface area contributed by atoms with Crippen LogP contribution in [0, 0.1) is 0 Å². The van der Waals surface area contributed by atoms with Crippen molar-refractivity contribution in [1.82, 2.24) is 10.3 Å². The highest BCUT2D eigenvalue weighted by Gasteiger charge is 2.11. The lowest BCUT2D eigenvalue weighted by molar-refractivity contribution is 0.0940. The van der Waals surface area contributed by atoms with E-state index in [2.05, 4.69) is 15.6 Å². The zero-order valence-electron chi connectivity index (χ0n) is 12.3. The van der Waals surface area contributed by atoms with Crippen molar-refractivity contribution in [2.45, 2.75) is 13.3 Å². The van der Waals surface area contributed by atoms with Crippen LogP contribution in [0.15, 0.2) is 29.6 Å². The molecule has 5 nitrogen and oxygen atoms in total. The molecule has 0 saturated carbocycles. The third-order valence-corrected chi connectivity index (χ3v) is 3.89. The number of nitrogens with one attached hydrogen (secondary N) is 2. The summed E-state index contributed by atoms with van der Waals surface area (Å²) in [5.41, 5.74) is 1.16. The molecule has 7 heteroatoms. The summed E-state index contributed by atoms with van der Waals surface area (Å²) in [5.74, 6) is -0.181. The van der Waals surface area contributed by atoms with E-state index in [4.69, 9.17) is 16.3 Å². The predicted octanol–water partition coefficient (Wildman–Crippen LogP) is 3.70. The second-order valence-electron chi connectivity index (χ2n) is 4.45. The number of para-hydroxylation sites is 1. The fraction of sp³-hybridized carbons (Fsp3) is 0.333. The summed E-state index contributed by atoms with van der Waals surface area (Å²) in [6.45, 7) is 3.86. The van der Waals surface area contributed by atoms with Crippen LogP contribution in [0.2, 0.25) is 5.02 Å². The highest BCUT2D eigenvalue weighted by Crippen LogP contribution is 2.26. The zero-order chi connectivity index (χ0) is 15.8. The normalized spacial score (nSPS) is 10.5. The van der Waals surface area contributed by atoms with Crippen LogP contribution in [0.1, 0.15) is 23.8 Å². The molecule has 0 bridgehead atoms. The summed E-state index contributed by atoms with van der Waals surface area (Å²) in [7, 11) is 0. The van der Waals surface area contributed by atoms with Crippen LogP contribution < -0.4 is 10.6 Å². The molecule has 1 aromatic carbocycles. The molecule has 22 heavy (non-hydrogen) atoms. The molecule has 0 saturated heterocycles. The van der Waals surface area contributed by atoms with Gasteiger partial charge in [0.2, 0.25) is 0 Å². The van der Waals surface area contributed by atoms with Gasteiger partial charge >= 0.3 is 0 Å². The molecule has 0 aliphatic carbocycles. The number of carbonyl (C=O) groups is 1. The molecule has 0 aliphatic rings. The van der Waals surface area contributed by atoms with Gasteiger partial charge < -0.3 is 15.4 Å². The zero-order valence-corrected chi connectivity index (χ0v) is 13.8. The fourth-order valence-electron chi connectivity index (χ4n) is 1.72. The minimum atomic E-state index is -0.181. The number of aromatic nitrogens is 1. The van der Waals surface area contributed by atoms with Crippen LogP contribution in [0.25, 0.3) is 0 Å². The predicted molar refractivity (Wildman–Crippen MR) is 90.3 cm³/mol. The molecule has 1 amide bonds. The third-order valence-electron chi connectivity index (χ3n) is 2.81. The molecule has 0 fully saturated rings. The molecular formula is C15H18ClN3O2S. The quantitative estimate of drug-likeness (QED) is 0.720. The van der Waals surface area contributed by atoms with Crippen molar-refractivity contribution in [3.63, 3.8) is 0 Å². The highest BCUT2D eigenvalue weighted by atomic mass is 35.5. The molecule has 0 atom stereocenters. The van der Waals surface area contributed by atoms with Crippen molar-refractivity contribution >= 4 is 39.7 Å². The van der Waals surface area contributed by atoms with E-state index in [0.29, 0.717) is 35.6 Å². The number of amides is 1. The maximum atomic E-state index is 11.9. The number of thiazole rings is 1.